The molecule has 0 saturated heterocycles. The monoisotopic (exact) mass is 298 g/mol. The Morgan fingerprint density at radius 3 is 2.68 bits per heavy atom. The van der Waals surface area contributed by atoms with E-state index >= 15 is 0 Å². The van der Waals surface area contributed by atoms with Crippen molar-refractivity contribution >= 4 is 33.3 Å². The molecule has 2 aromatic rings. The first kappa shape index (κ1) is 13.7. The highest BCUT2D eigenvalue weighted by atomic mass is 35.5. The summed E-state index contributed by atoms with van der Waals surface area (Å²) in [6.45, 7) is 1.67. The molecule has 6 nitrogen and oxygen atoms in total. The van der Waals surface area contributed by atoms with Crippen molar-refractivity contribution in [2.24, 2.45) is 5.14 Å². The molecule has 0 spiro atoms. The summed E-state index contributed by atoms with van der Waals surface area (Å²) in [5.74, 6) is 0.275. The van der Waals surface area contributed by atoms with E-state index in [2.05, 4.69) is 15.3 Å². The summed E-state index contributed by atoms with van der Waals surface area (Å²) in [6, 6.07) is 6.31. The van der Waals surface area contributed by atoms with E-state index in [4.69, 9.17) is 16.7 Å². The van der Waals surface area contributed by atoms with Crippen molar-refractivity contribution in [1.29, 1.82) is 0 Å². The van der Waals surface area contributed by atoms with Gasteiger partial charge in [-0.1, -0.05) is 17.7 Å². The Morgan fingerprint density at radius 1 is 1.32 bits per heavy atom. The Morgan fingerprint density at radius 2 is 2.05 bits per heavy atom. The third-order valence-electron chi connectivity index (χ3n) is 2.37. The molecule has 0 radical (unpaired) electrons. The van der Waals surface area contributed by atoms with Crippen LogP contribution in [0.1, 0.15) is 5.56 Å². The average molecular weight is 299 g/mol. The summed E-state index contributed by atoms with van der Waals surface area (Å²) in [5, 5.41) is 8.28. The van der Waals surface area contributed by atoms with Gasteiger partial charge in [-0.3, -0.25) is 0 Å². The molecule has 1 aromatic heterocycles. The number of benzene rings is 1. The quantitative estimate of drug-likeness (QED) is 0.842. The van der Waals surface area contributed by atoms with E-state index in [1.165, 1.54) is 18.3 Å². The van der Waals surface area contributed by atoms with E-state index < -0.39 is 10.0 Å². The predicted octanol–water partition coefficient (Wildman–Crippen LogP) is 1.83. The van der Waals surface area contributed by atoms with Gasteiger partial charge in [-0.25, -0.2) is 23.5 Å². The number of primary sulfonamides is 1. The molecular weight excluding hydrogens is 288 g/mol. The Labute approximate surface area is 115 Å². The van der Waals surface area contributed by atoms with Gasteiger partial charge in [0, 0.05) is 11.9 Å². The number of anilines is 2. The second kappa shape index (κ2) is 5.12. The molecule has 1 aromatic carbocycles. The van der Waals surface area contributed by atoms with E-state index in [9.17, 15) is 8.42 Å². The van der Waals surface area contributed by atoms with Gasteiger partial charge in [-0.2, -0.15) is 0 Å². The number of rotatable bonds is 3. The van der Waals surface area contributed by atoms with Crippen molar-refractivity contribution in [3.8, 4) is 0 Å². The summed E-state index contributed by atoms with van der Waals surface area (Å²) < 4.78 is 22.8. The number of hydrogen-bond acceptors (Lipinski definition) is 5. The van der Waals surface area contributed by atoms with E-state index in [1.807, 2.05) is 0 Å². The SMILES string of the molecule is Cc1ccc(Nc2nccc(Cl)n2)cc1S(N)(=O)=O. The topological polar surface area (TPSA) is 98.0 Å². The Bertz CT molecular complexity index is 718. The van der Waals surface area contributed by atoms with Crippen LogP contribution in [0.25, 0.3) is 0 Å². The minimum Gasteiger partial charge on any atom is -0.324 e. The van der Waals surface area contributed by atoms with Crippen molar-refractivity contribution < 1.29 is 8.42 Å². The normalized spacial score (nSPS) is 11.3. The fraction of sp³-hybridized carbons (Fsp3) is 0.0909. The van der Waals surface area contributed by atoms with Gasteiger partial charge in [0.2, 0.25) is 16.0 Å². The minimum atomic E-state index is -3.76. The number of nitrogens with zero attached hydrogens (tertiary/aromatic N) is 2. The molecule has 0 aliphatic rings. The highest BCUT2D eigenvalue weighted by Crippen LogP contribution is 2.21. The van der Waals surface area contributed by atoms with Gasteiger partial charge in [0.1, 0.15) is 5.15 Å². The highest BCUT2D eigenvalue weighted by molar-refractivity contribution is 7.89. The maximum atomic E-state index is 11.4. The van der Waals surface area contributed by atoms with Gasteiger partial charge in [0.25, 0.3) is 0 Å². The maximum absolute atomic E-state index is 11.4. The van der Waals surface area contributed by atoms with Crippen LogP contribution in [0.15, 0.2) is 35.4 Å². The molecule has 0 aliphatic carbocycles. The smallest absolute Gasteiger partial charge is 0.238 e. The minimum absolute atomic E-state index is 0.0551. The van der Waals surface area contributed by atoms with Crippen molar-refractivity contribution in [3.63, 3.8) is 0 Å². The Kier molecular flexibility index (Phi) is 3.70. The molecule has 0 bridgehead atoms. The largest absolute Gasteiger partial charge is 0.324 e. The lowest BCUT2D eigenvalue weighted by Gasteiger charge is -2.08. The second-order valence-electron chi connectivity index (χ2n) is 3.85. The van der Waals surface area contributed by atoms with E-state index in [0.717, 1.165) is 0 Å². The predicted molar refractivity (Wildman–Crippen MR) is 72.9 cm³/mol. The van der Waals surface area contributed by atoms with Crippen molar-refractivity contribution in [3.05, 3.63) is 41.2 Å². The van der Waals surface area contributed by atoms with Crippen LogP contribution in [0.3, 0.4) is 0 Å². The molecule has 100 valence electrons. The van der Waals surface area contributed by atoms with Crippen LogP contribution in [0.5, 0.6) is 0 Å². The summed E-state index contributed by atoms with van der Waals surface area (Å²) in [5.41, 5.74) is 1.08. The summed E-state index contributed by atoms with van der Waals surface area (Å²) >= 11 is 5.73. The maximum Gasteiger partial charge on any atom is 0.238 e. The number of aromatic nitrogens is 2. The number of sulfonamides is 1. The van der Waals surface area contributed by atoms with Crippen LogP contribution in [0, 0.1) is 6.92 Å². The molecule has 0 unspecified atom stereocenters. The number of nitrogens with one attached hydrogen (secondary N) is 1. The standard InChI is InChI=1S/C11H11ClN4O2S/c1-7-2-3-8(6-9(7)19(13,17)18)15-11-14-5-4-10(12)16-11/h2-6H,1H3,(H2,13,17,18)(H,14,15,16). The molecule has 1 heterocycles. The van der Waals surface area contributed by atoms with Crippen molar-refractivity contribution in [2.75, 3.05) is 5.32 Å². The Balaban J connectivity index is 2.37. The number of hydrogen-bond donors (Lipinski definition) is 2. The highest BCUT2D eigenvalue weighted by Gasteiger charge is 2.12. The summed E-state index contributed by atoms with van der Waals surface area (Å²) in [4.78, 5) is 7.96. The molecule has 0 saturated carbocycles. The van der Waals surface area contributed by atoms with Crippen LogP contribution < -0.4 is 10.5 Å². The zero-order valence-corrected chi connectivity index (χ0v) is 11.5. The molecule has 19 heavy (non-hydrogen) atoms. The molecule has 0 aliphatic heterocycles. The van der Waals surface area contributed by atoms with E-state index in [-0.39, 0.29) is 16.0 Å². The molecular formula is C11H11ClN4O2S. The van der Waals surface area contributed by atoms with Gasteiger partial charge >= 0.3 is 0 Å². The fourth-order valence-electron chi connectivity index (χ4n) is 1.51. The molecule has 3 N–H and O–H groups in total. The van der Waals surface area contributed by atoms with Crippen LogP contribution in [0.2, 0.25) is 5.15 Å². The van der Waals surface area contributed by atoms with Crippen molar-refractivity contribution in [2.45, 2.75) is 11.8 Å². The van der Waals surface area contributed by atoms with E-state index in [1.54, 1.807) is 19.1 Å². The van der Waals surface area contributed by atoms with Crippen molar-refractivity contribution in [1.82, 2.24) is 9.97 Å². The summed E-state index contributed by atoms with van der Waals surface area (Å²) in [7, 11) is -3.76. The molecule has 2 rings (SSSR count). The Hall–Kier alpha value is -1.70. The first-order valence-corrected chi connectivity index (χ1v) is 7.18. The third-order valence-corrected chi connectivity index (χ3v) is 3.64. The lowest BCUT2D eigenvalue weighted by molar-refractivity contribution is 0.597. The molecule has 0 atom stereocenters. The first-order chi connectivity index (χ1) is 8.86. The second-order valence-corrected chi connectivity index (χ2v) is 5.77. The first-order valence-electron chi connectivity index (χ1n) is 5.25. The summed E-state index contributed by atoms with van der Waals surface area (Å²) in [6.07, 6.45) is 1.49. The van der Waals surface area contributed by atoms with Crippen LogP contribution >= 0.6 is 11.6 Å². The zero-order chi connectivity index (χ0) is 14.0. The molecule has 8 heteroatoms. The fourth-order valence-corrected chi connectivity index (χ4v) is 2.45. The van der Waals surface area contributed by atoms with Crippen LogP contribution in [-0.2, 0) is 10.0 Å². The number of nitrogens with two attached hydrogens (primary N) is 1. The third kappa shape index (κ3) is 3.40. The molecule has 0 fully saturated rings. The van der Waals surface area contributed by atoms with Crippen LogP contribution in [0.4, 0.5) is 11.6 Å². The van der Waals surface area contributed by atoms with E-state index in [0.29, 0.717) is 11.3 Å². The number of halogens is 1. The van der Waals surface area contributed by atoms with Gasteiger partial charge in [-0.05, 0) is 30.7 Å². The van der Waals surface area contributed by atoms with Gasteiger partial charge in [0.15, 0.2) is 0 Å². The molecule has 0 amide bonds. The van der Waals surface area contributed by atoms with Gasteiger partial charge < -0.3 is 5.32 Å². The lowest BCUT2D eigenvalue weighted by Crippen LogP contribution is -2.14. The van der Waals surface area contributed by atoms with Gasteiger partial charge in [-0.15, -0.1) is 0 Å². The number of aryl methyl sites for hydroxylation is 1. The zero-order valence-electron chi connectivity index (χ0n) is 9.96. The van der Waals surface area contributed by atoms with Crippen LogP contribution in [-0.4, -0.2) is 18.4 Å². The lowest BCUT2D eigenvalue weighted by atomic mass is 10.2. The van der Waals surface area contributed by atoms with Gasteiger partial charge in [0.05, 0.1) is 4.90 Å². The average Bonchev–Trinajstić information content (AvgIpc) is 2.30.